The Balaban J connectivity index is 1.76. The Morgan fingerprint density at radius 1 is 0.972 bits per heavy atom. The molecule has 0 fully saturated rings. The molecule has 2 aromatic carbocycles. The van der Waals surface area contributed by atoms with E-state index in [0.29, 0.717) is 17.7 Å². The number of unbranched alkanes of at least 4 members (excludes halogenated alkanes) is 1. The van der Waals surface area contributed by atoms with Gasteiger partial charge in [0.25, 0.3) is 17.4 Å². The number of carbonyl (C=O) groups excluding carboxylic acids is 2. The van der Waals surface area contributed by atoms with Crippen molar-refractivity contribution in [1.29, 1.82) is 0 Å². The van der Waals surface area contributed by atoms with Crippen molar-refractivity contribution in [2.24, 2.45) is 0 Å². The third kappa shape index (κ3) is 7.14. The number of benzene rings is 2. The summed E-state index contributed by atoms with van der Waals surface area (Å²) in [7, 11) is -1.55. The normalized spacial score (nSPS) is 12.1. The predicted molar refractivity (Wildman–Crippen MR) is 131 cm³/mol. The number of para-hydroxylation sites is 1. The molecule has 36 heavy (non-hydrogen) atoms. The SMILES string of the molecule is CCCCS(=O)NC(=O)c1ccccc1NC(=O)c1ccc(=O)n(Cc2ccc(C(F)(F)F)cc2)c1. The Morgan fingerprint density at radius 2 is 1.67 bits per heavy atom. The van der Waals surface area contributed by atoms with E-state index < -0.39 is 40.1 Å². The summed E-state index contributed by atoms with van der Waals surface area (Å²) in [5.74, 6) is -0.895. The second-order valence-corrected chi connectivity index (χ2v) is 9.22. The molecule has 0 saturated carbocycles. The second-order valence-electron chi connectivity index (χ2n) is 7.91. The van der Waals surface area contributed by atoms with Crippen LogP contribution in [0.2, 0.25) is 0 Å². The molecule has 2 amide bonds. The third-order valence-corrected chi connectivity index (χ3v) is 6.26. The number of hydrogen-bond donors (Lipinski definition) is 2. The number of pyridine rings is 1. The fraction of sp³-hybridized carbons (Fsp3) is 0.240. The number of rotatable bonds is 9. The second kappa shape index (κ2) is 11.8. The van der Waals surface area contributed by atoms with Crippen LogP contribution in [-0.4, -0.2) is 26.3 Å². The Morgan fingerprint density at radius 3 is 2.33 bits per heavy atom. The van der Waals surface area contributed by atoms with Crippen LogP contribution < -0.4 is 15.6 Å². The maximum Gasteiger partial charge on any atom is 0.416 e. The largest absolute Gasteiger partial charge is 0.416 e. The molecule has 0 aliphatic rings. The minimum atomic E-state index is -4.47. The first-order chi connectivity index (χ1) is 17.1. The number of amides is 2. The standard InChI is InChI=1S/C25H24F3N3O4S/c1-2-3-14-36(35)30-24(34)20-6-4-5-7-21(20)29-23(33)18-10-13-22(32)31(16-18)15-17-8-11-19(12-9-17)25(26,27)28/h4-13,16H,2-3,14-15H2,1H3,(H,29,33)(H,30,34). The van der Waals surface area contributed by atoms with Crippen LogP contribution in [0.1, 0.15) is 51.6 Å². The molecule has 0 bridgehead atoms. The third-order valence-electron chi connectivity index (χ3n) is 5.19. The summed E-state index contributed by atoms with van der Waals surface area (Å²) in [5, 5.41) is 2.62. The molecule has 190 valence electrons. The van der Waals surface area contributed by atoms with Gasteiger partial charge in [0.05, 0.1) is 28.9 Å². The smallest absolute Gasteiger partial charge is 0.321 e. The number of nitrogens with zero attached hydrogens (tertiary/aromatic N) is 1. The maximum absolute atomic E-state index is 12.9. The zero-order chi connectivity index (χ0) is 26.3. The average molecular weight is 520 g/mol. The molecule has 11 heteroatoms. The van der Waals surface area contributed by atoms with Crippen LogP contribution in [-0.2, 0) is 23.7 Å². The molecule has 0 radical (unpaired) electrons. The highest BCUT2D eigenvalue weighted by atomic mass is 32.2. The van der Waals surface area contributed by atoms with Crippen LogP contribution >= 0.6 is 0 Å². The Kier molecular flexibility index (Phi) is 8.81. The highest BCUT2D eigenvalue weighted by molar-refractivity contribution is 7.83. The lowest BCUT2D eigenvalue weighted by molar-refractivity contribution is -0.137. The van der Waals surface area contributed by atoms with Gasteiger partial charge in [-0.25, -0.2) is 4.21 Å². The highest BCUT2D eigenvalue weighted by Gasteiger charge is 2.29. The molecule has 1 unspecified atom stereocenters. The van der Waals surface area contributed by atoms with Crippen LogP contribution in [0.5, 0.6) is 0 Å². The van der Waals surface area contributed by atoms with E-state index in [2.05, 4.69) is 10.0 Å². The summed E-state index contributed by atoms with van der Waals surface area (Å²) < 4.78 is 54.0. The maximum atomic E-state index is 12.9. The van der Waals surface area contributed by atoms with Gasteiger partial charge in [-0.1, -0.05) is 37.6 Å². The minimum Gasteiger partial charge on any atom is -0.321 e. The molecule has 0 saturated heterocycles. The van der Waals surface area contributed by atoms with E-state index in [1.54, 1.807) is 12.1 Å². The van der Waals surface area contributed by atoms with Crippen LogP contribution in [0.4, 0.5) is 18.9 Å². The van der Waals surface area contributed by atoms with Crippen molar-refractivity contribution in [3.63, 3.8) is 0 Å². The zero-order valence-corrected chi connectivity index (χ0v) is 20.1. The van der Waals surface area contributed by atoms with E-state index in [1.807, 2.05) is 6.92 Å². The molecule has 0 aliphatic carbocycles. The highest BCUT2D eigenvalue weighted by Crippen LogP contribution is 2.29. The molecular formula is C25H24F3N3O4S. The number of carbonyl (C=O) groups is 2. The molecule has 1 atom stereocenters. The van der Waals surface area contributed by atoms with E-state index in [0.717, 1.165) is 18.6 Å². The molecule has 3 aromatic rings. The van der Waals surface area contributed by atoms with Crippen molar-refractivity contribution in [1.82, 2.24) is 9.29 Å². The number of halogens is 3. The van der Waals surface area contributed by atoms with E-state index >= 15 is 0 Å². The number of aromatic nitrogens is 1. The van der Waals surface area contributed by atoms with Crippen molar-refractivity contribution in [2.75, 3.05) is 11.1 Å². The van der Waals surface area contributed by atoms with E-state index in [9.17, 15) is 31.8 Å². The lowest BCUT2D eigenvalue weighted by atomic mass is 10.1. The summed E-state index contributed by atoms with van der Waals surface area (Å²) in [6.07, 6.45) is -1.66. The van der Waals surface area contributed by atoms with Crippen LogP contribution in [0.3, 0.4) is 0 Å². The van der Waals surface area contributed by atoms with E-state index in [4.69, 9.17) is 0 Å². The zero-order valence-electron chi connectivity index (χ0n) is 19.3. The lowest BCUT2D eigenvalue weighted by Gasteiger charge is -2.13. The summed E-state index contributed by atoms with van der Waals surface area (Å²) in [5.41, 5.74) is -0.393. The fourth-order valence-corrected chi connectivity index (χ4v) is 4.22. The number of alkyl halides is 3. The Labute approximate surface area is 207 Å². The molecule has 2 N–H and O–H groups in total. The van der Waals surface area contributed by atoms with Gasteiger partial charge in [0.1, 0.15) is 11.0 Å². The number of nitrogens with one attached hydrogen (secondary N) is 2. The summed E-state index contributed by atoms with van der Waals surface area (Å²) in [6, 6.07) is 13.1. The van der Waals surface area contributed by atoms with Crippen LogP contribution in [0.15, 0.2) is 71.7 Å². The van der Waals surface area contributed by atoms with Crippen molar-refractivity contribution < 1.29 is 27.0 Å². The van der Waals surface area contributed by atoms with Gasteiger partial charge in [-0.15, -0.1) is 0 Å². The van der Waals surface area contributed by atoms with E-state index in [1.165, 1.54) is 47.2 Å². The molecule has 0 spiro atoms. The van der Waals surface area contributed by atoms with Gasteiger partial charge in [0, 0.05) is 18.0 Å². The predicted octanol–water partition coefficient (Wildman–Crippen LogP) is 4.36. The van der Waals surface area contributed by atoms with Gasteiger partial charge < -0.3 is 9.88 Å². The van der Waals surface area contributed by atoms with Crippen LogP contribution in [0, 0.1) is 0 Å². The molecular weight excluding hydrogens is 495 g/mol. The molecule has 3 rings (SSSR count). The molecule has 7 nitrogen and oxygen atoms in total. The number of anilines is 1. The molecule has 1 heterocycles. The quantitative estimate of drug-likeness (QED) is 0.439. The molecule has 1 aromatic heterocycles. The average Bonchev–Trinajstić information content (AvgIpc) is 2.84. The first-order valence-electron chi connectivity index (χ1n) is 11.0. The van der Waals surface area contributed by atoms with Gasteiger partial charge in [0.15, 0.2) is 0 Å². The van der Waals surface area contributed by atoms with E-state index in [-0.39, 0.29) is 23.4 Å². The van der Waals surface area contributed by atoms with Crippen molar-refractivity contribution in [3.05, 3.63) is 99.5 Å². The molecule has 0 aliphatic heterocycles. The van der Waals surface area contributed by atoms with Gasteiger partial charge in [-0.05, 0) is 42.3 Å². The monoisotopic (exact) mass is 519 g/mol. The Hall–Kier alpha value is -3.73. The first-order valence-corrected chi connectivity index (χ1v) is 12.4. The number of hydrogen-bond acceptors (Lipinski definition) is 4. The summed E-state index contributed by atoms with van der Waals surface area (Å²) in [4.78, 5) is 37.7. The fourth-order valence-electron chi connectivity index (χ4n) is 3.25. The summed E-state index contributed by atoms with van der Waals surface area (Å²) >= 11 is 0. The topological polar surface area (TPSA) is 97.3 Å². The first kappa shape index (κ1) is 26.9. The lowest BCUT2D eigenvalue weighted by Crippen LogP contribution is -2.29. The minimum absolute atomic E-state index is 0.0410. The van der Waals surface area contributed by atoms with Crippen LogP contribution in [0.25, 0.3) is 0 Å². The van der Waals surface area contributed by atoms with Gasteiger partial charge >= 0.3 is 6.18 Å². The van der Waals surface area contributed by atoms with Crippen molar-refractivity contribution in [2.45, 2.75) is 32.5 Å². The van der Waals surface area contributed by atoms with Gasteiger partial charge in [0.2, 0.25) is 0 Å². The Bertz CT molecular complexity index is 1320. The van der Waals surface area contributed by atoms with Gasteiger partial charge in [-0.3, -0.25) is 19.1 Å². The van der Waals surface area contributed by atoms with Gasteiger partial charge in [-0.2, -0.15) is 13.2 Å². The van der Waals surface area contributed by atoms with Crippen molar-refractivity contribution in [3.8, 4) is 0 Å². The summed E-state index contributed by atoms with van der Waals surface area (Å²) in [6.45, 7) is 1.90. The van der Waals surface area contributed by atoms with Crippen molar-refractivity contribution >= 4 is 28.5 Å².